The van der Waals surface area contributed by atoms with Crippen LogP contribution in [-0.2, 0) is 0 Å². The molecule has 0 aliphatic heterocycles. The zero-order valence-electron chi connectivity index (χ0n) is 8.95. The van der Waals surface area contributed by atoms with Gasteiger partial charge in [-0.15, -0.1) is 5.10 Å². The zero-order valence-corrected chi connectivity index (χ0v) is 8.95. The van der Waals surface area contributed by atoms with Crippen LogP contribution in [0.25, 0.3) is 0 Å². The van der Waals surface area contributed by atoms with Crippen LogP contribution in [0.2, 0.25) is 0 Å². The minimum Gasteiger partial charge on any atom is -0.234 e. The highest BCUT2D eigenvalue weighted by atomic mass is 15.2. The van der Waals surface area contributed by atoms with E-state index in [0.717, 1.165) is 17.2 Å². The predicted octanol–water partition coefficient (Wildman–Crippen LogP) is 2.54. The standard InChI is InChI=1S/C11H17N3/c1-8-9(2)13-14-11(12-8)10-6-4-3-5-7-10/h10H,3-7H2,1-2H3. The molecule has 0 unspecified atom stereocenters. The lowest BCUT2D eigenvalue weighted by molar-refractivity contribution is 0.424. The smallest absolute Gasteiger partial charge is 0.154 e. The van der Waals surface area contributed by atoms with E-state index >= 15 is 0 Å². The van der Waals surface area contributed by atoms with Gasteiger partial charge in [-0.25, -0.2) is 4.98 Å². The quantitative estimate of drug-likeness (QED) is 0.684. The summed E-state index contributed by atoms with van der Waals surface area (Å²) in [5, 5.41) is 8.34. The molecule has 1 fully saturated rings. The van der Waals surface area contributed by atoms with Crippen molar-refractivity contribution >= 4 is 0 Å². The average Bonchev–Trinajstić information content (AvgIpc) is 2.23. The highest BCUT2D eigenvalue weighted by Gasteiger charge is 2.18. The first kappa shape index (κ1) is 9.56. The Bertz CT molecular complexity index is 316. The van der Waals surface area contributed by atoms with Crippen LogP contribution in [0.5, 0.6) is 0 Å². The maximum atomic E-state index is 4.52. The van der Waals surface area contributed by atoms with E-state index in [0.29, 0.717) is 5.92 Å². The Balaban J connectivity index is 2.18. The number of nitrogens with zero attached hydrogens (tertiary/aromatic N) is 3. The molecule has 1 heterocycles. The highest BCUT2D eigenvalue weighted by molar-refractivity contribution is 5.08. The van der Waals surface area contributed by atoms with Crippen LogP contribution in [-0.4, -0.2) is 15.2 Å². The van der Waals surface area contributed by atoms with Crippen LogP contribution in [0.4, 0.5) is 0 Å². The van der Waals surface area contributed by atoms with Gasteiger partial charge in [-0.05, 0) is 26.7 Å². The second-order valence-corrected chi connectivity index (χ2v) is 4.18. The number of aromatic nitrogens is 3. The minimum atomic E-state index is 0.565. The SMILES string of the molecule is Cc1nnc(C2CCCCC2)nc1C. The molecule has 3 heteroatoms. The first-order chi connectivity index (χ1) is 6.77. The third kappa shape index (κ3) is 1.91. The molecule has 1 saturated carbocycles. The van der Waals surface area contributed by atoms with Crippen molar-refractivity contribution in [2.45, 2.75) is 51.9 Å². The molecule has 0 bridgehead atoms. The lowest BCUT2D eigenvalue weighted by Crippen LogP contribution is -2.11. The summed E-state index contributed by atoms with van der Waals surface area (Å²) < 4.78 is 0. The van der Waals surface area contributed by atoms with Crippen molar-refractivity contribution in [3.05, 3.63) is 17.2 Å². The largest absolute Gasteiger partial charge is 0.234 e. The first-order valence-corrected chi connectivity index (χ1v) is 5.45. The van der Waals surface area contributed by atoms with Gasteiger partial charge in [0.05, 0.1) is 11.4 Å². The monoisotopic (exact) mass is 191 g/mol. The molecule has 2 rings (SSSR count). The molecule has 0 spiro atoms. The van der Waals surface area contributed by atoms with Crippen molar-refractivity contribution in [1.29, 1.82) is 0 Å². The van der Waals surface area contributed by atoms with Gasteiger partial charge in [0.1, 0.15) is 0 Å². The summed E-state index contributed by atoms with van der Waals surface area (Å²) in [6, 6.07) is 0. The Hall–Kier alpha value is -0.990. The summed E-state index contributed by atoms with van der Waals surface area (Å²) >= 11 is 0. The van der Waals surface area contributed by atoms with Crippen LogP contribution >= 0.6 is 0 Å². The van der Waals surface area contributed by atoms with Gasteiger partial charge < -0.3 is 0 Å². The Kier molecular flexibility index (Phi) is 2.75. The van der Waals surface area contributed by atoms with Crippen molar-refractivity contribution in [3.8, 4) is 0 Å². The Morgan fingerprint density at radius 1 is 0.929 bits per heavy atom. The molecule has 14 heavy (non-hydrogen) atoms. The van der Waals surface area contributed by atoms with Gasteiger partial charge in [0, 0.05) is 5.92 Å². The molecule has 1 aromatic heterocycles. The van der Waals surface area contributed by atoms with E-state index in [2.05, 4.69) is 15.2 Å². The fraction of sp³-hybridized carbons (Fsp3) is 0.727. The molecule has 1 aliphatic carbocycles. The normalized spacial score (nSPS) is 18.4. The average molecular weight is 191 g/mol. The molecule has 0 aromatic carbocycles. The summed E-state index contributed by atoms with van der Waals surface area (Å²) in [5.74, 6) is 1.53. The van der Waals surface area contributed by atoms with Crippen molar-refractivity contribution in [3.63, 3.8) is 0 Å². The second-order valence-electron chi connectivity index (χ2n) is 4.18. The number of hydrogen-bond acceptors (Lipinski definition) is 3. The van der Waals surface area contributed by atoms with E-state index < -0.39 is 0 Å². The van der Waals surface area contributed by atoms with Gasteiger partial charge in [-0.2, -0.15) is 5.10 Å². The van der Waals surface area contributed by atoms with E-state index in [1.54, 1.807) is 0 Å². The third-order valence-corrected chi connectivity index (χ3v) is 3.08. The predicted molar refractivity (Wildman–Crippen MR) is 55.1 cm³/mol. The summed E-state index contributed by atoms with van der Waals surface area (Å²) in [4.78, 5) is 4.52. The van der Waals surface area contributed by atoms with Crippen molar-refractivity contribution in [2.75, 3.05) is 0 Å². The molecule has 0 amide bonds. The maximum absolute atomic E-state index is 4.52. The second kappa shape index (κ2) is 4.03. The van der Waals surface area contributed by atoms with Gasteiger partial charge in [-0.3, -0.25) is 0 Å². The van der Waals surface area contributed by atoms with Crippen LogP contribution in [0, 0.1) is 13.8 Å². The van der Waals surface area contributed by atoms with Crippen LogP contribution in [0.3, 0.4) is 0 Å². The topological polar surface area (TPSA) is 38.7 Å². The fourth-order valence-electron chi connectivity index (χ4n) is 2.01. The van der Waals surface area contributed by atoms with Gasteiger partial charge in [-0.1, -0.05) is 19.3 Å². The van der Waals surface area contributed by atoms with Crippen LogP contribution in [0.1, 0.15) is 55.2 Å². The highest BCUT2D eigenvalue weighted by Crippen LogP contribution is 2.30. The number of hydrogen-bond donors (Lipinski definition) is 0. The summed E-state index contributed by atoms with van der Waals surface area (Å²) in [7, 11) is 0. The van der Waals surface area contributed by atoms with Gasteiger partial charge in [0.15, 0.2) is 5.82 Å². The molecule has 0 N–H and O–H groups in total. The van der Waals surface area contributed by atoms with E-state index in [1.165, 1.54) is 32.1 Å². The molecular formula is C11H17N3. The van der Waals surface area contributed by atoms with E-state index in [1.807, 2.05) is 13.8 Å². The van der Waals surface area contributed by atoms with E-state index in [4.69, 9.17) is 0 Å². The lowest BCUT2D eigenvalue weighted by atomic mass is 9.89. The van der Waals surface area contributed by atoms with Crippen LogP contribution in [0.15, 0.2) is 0 Å². The van der Waals surface area contributed by atoms with Gasteiger partial charge >= 0.3 is 0 Å². The van der Waals surface area contributed by atoms with E-state index in [-0.39, 0.29) is 0 Å². The molecule has 76 valence electrons. The lowest BCUT2D eigenvalue weighted by Gasteiger charge is -2.19. The van der Waals surface area contributed by atoms with E-state index in [9.17, 15) is 0 Å². The minimum absolute atomic E-state index is 0.565. The van der Waals surface area contributed by atoms with Crippen molar-refractivity contribution in [1.82, 2.24) is 15.2 Å². The van der Waals surface area contributed by atoms with Crippen molar-refractivity contribution in [2.24, 2.45) is 0 Å². The molecular weight excluding hydrogens is 174 g/mol. The third-order valence-electron chi connectivity index (χ3n) is 3.08. The first-order valence-electron chi connectivity index (χ1n) is 5.45. The van der Waals surface area contributed by atoms with Crippen LogP contribution < -0.4 is 0 Å². The molecule has 1 aliphatic rings. The summed E-state index contributed by atoms with van der Waals surface area (Å²) in [6.07, 6.45) is 6.49. The zero-order chi connectivity index (χ0) is 9.97. The van der Waals surface area contributed by atoms with Crippen molar-refractivity contribution < 1.29 is 0 Å². The number of rotatable bonds is 1. The maximum Gasteiger partial charge on any atom is 0.154 e. The summed E-state index contributed by atoms with van der Waals surface area (Å²) in [5.41, 5.74) is 1.98. The van der Waals surface area contributed by atoms with Gasteiger partial charge in [0.25, 0.3) is 0 Å². The summed E-state index contributed by atoms with van der Waals surface area (Å²) in [6.45, 7) is 3.97. The molecule has 1 aromatic rings. The molecule has 0 saturated heterocycles. The fourth-order valence-corrected chi connectivity index (χ4v) is 2.01. The number of aryl methyl sites for hydroxylation is 2. The Morgan fingerprint density at radius 3 is 2.29 bits per heavy atom. The Morgan fingerprint density at radius 2 is 1.64 bits per heavy atom. The molecule has 3 nitrogen and oxygen atoms in total. The Labute approximate surface area is 85.0 Å². The molecule has 0 atom stereocenters. The van der Waals surface area contributed by atoms with Gasteiger partial charge in [0.2, 0.25) is 0 Å². The molecule has 0 radical (unpaired) electrons.